The van der Waals surface area contributed by atoms with E-state index in [9.17, 15) is 0 Å². The van der Waals surface area contributed by atoms with Crippen LogP contribution >= 0.6 is 11.3 Å². The molecule has 0 atom stereocenters. The molecule has 2 heterocycles. The van der Waals surface area contributed by atoms with Gasteiger partial charge in [-0.25, -0.2) is 15.0 Å². The van der Waals surface area contributed by atoms with Crippen molar-refractivity contribution in [3.63, 3.8) is 0 Å². The summed E-state index contributed by atoms with van der Waals surface area (Å²) in [7, 11) is 0. The molecular formula is C15H12N4S. The van der Waals surface area contributed by atoms with Crippen molar-refractivity contribution >= 4 is 22.7 Å². The Bertz CT molecular complexity index is 703. The fourth-order valence-corrected chi connectivity index (χ4v) is 2.43. The van der Waals surface area contributed by atoms with Crippen LogP contribution in [0.5, 0.6) is 0 Å². The lowest BCUT2D eigenvalue weighted by molar-refractivity contribution is 1.16. The third-order valence-corrected chi connectivity index (χ3v) is 3.64. The number of rotatable bonds is 3. The molecule has 0 aliphatic rings. The zero-order chi connectivity index (χ0) is 13.8. The van der Waals surface area contributed by atoms with E-state index in [4.69, 9.17) is 0 Å². The van der Waals surface area contributed by atoms with Crippen LogP contribution < -0.4 is 0 Å². The number of aliphatic imine (C=N–C) groups is 1. The summed E-state index contributed by atoms with van der Waals surface area (Å²) >= 11 is 1.63. The van der Waals surface area contributed by atoms with Crippen molar-refractivity contribution in [2.75, 3.05) is 0 Å². The molecule has 0 amide bonds. The van der Waals surface area contributed by atoms with E-state index in [1.165, 1.54) is 6.33 Å². The number of thiazole rings is 1. The number of aromatic nitrogens is 3. The predicted octanol–water partition coefficient (Wildman–Crippen LogP) is 3.74. The highest BCUT2D eigenvalue weighted by Crippen LogP contribution is 2.24. The van der Waals surface area contributed by atoms with Crippen molar-refractivity contribution in [2.45, 2.75) is 6.92 Å². The fourth-order valence-electron chi connectivity index (χ4n) is 1.79. The molecule has 0 fully saturated rings. The largest absolute Gasteiger partial charge is 0.253 e. The lowest BCUT2D eigenvalue weighted by atomic mass is 10.2. The fraction of sp³-hybridized carbons (Fsp3) is 0.0667. The van der Waals surface area contributed by atoms with E-state index < -0.39 is 0 Å². The Morgan fingerprint density at radius 1 is 1.10 bits per heavy atom. The van der Waals surface area contributed by atoms with E-state index in [0.717, 1.165) is 27.5 Å². The second-order valence-corrected chi connectivity index (χ2v) is 5.10. The van der Waals surface area contributed by atoms with Crippen LogP contribution in [0.2, 0.25) is 0 Å². The normalized spacial score (nSPS) is 11.6. The Hall–Kier alpha value is -2.40. The van der Waals surface area contributed by atoms with E-state index in [0.29, 0.717) is 0 Å². The first-order valence-electron chi connectivity index (χ1n) is 6.13. The molecule has 0 aliphatic carbocycles. The first-order chi connectivity index (χ1) is 9.83. The summed E-state index contributed by atoms with van der Waals surface area (Å²) in [5.74, 6) is 0. The molecule has 98 valence electrons. The standard InChI is InChI=1S/C15H12N4S/c1-11(13-8-16-10-17-9-13)19-14-4-2-12(3-5-14)15-18-6-7-20-15/h2-10H,1H3. The van der Waals surface area contributed by atoms with Crippen molar-refractivity contribution in [2.24, 2.45) is 4.99 Å². The molecule has 0 N–H and O–H groups in total. The van der Waals surface area contributed by atoms with Crippen LogP contribution in [0.4, 0.5) is 5.69 Å². The molecule has 2 aromatic heterocycles. The van der Waals surface area contributed by atoms with Crippen molar-refractivity contribution in [1.82, 2.24) is 15.0 Å². The molecule has 0 unspecified atom stereocenters. The van der Waals surface area contributed by atoms with Crippen molar-refractivity contribution in [3.05, 3.63) is 60.1 Å². The van der Waals surface area contributed by atoms with Crippen molar-refractivity contribution < 1.29 is 0 Å². The quantitative estimate of drug-likeness (QED) is 0.687. The lowest BCUT2D eigenvalue weighted by Crippen LogP contribution is -1.95. The predicted molar refractivity (Wildman–Crippen MR) is 81.5 cm³/mol. The number of benzene rings is 1. The van der Waals surface area contributed by atoms with E-state index in [-0.39, 0.29) is 0 Å². The molecule has 0 saturated carbocycles. The second-order valence-electron chi connectivity index (χ2n) is 4.21. The van der Waals surface area contributed by atoms with E-state index in [1.54, 1.807) is 23.7 Å². The summed E-state index contributed by atoms with van der Waals surface area (Å²) in [6.07, 6.45) is 6.84. The molecule has 3 rings (SSSR count). The van der Waals surface area contributed by atoms with Gasteiger partial charge in [-0.3, -0.25) is 4.99 Å². The van der Waals surface area contributed by atoms with Crippen molar-refractivity contribution in [1.29, 1.82) is 0 Å². The molecule has 3 aromatic rings. The van der Waals surface area contributed by atoms with Gasteiger partial charge in [-0.2, -0.15) is 0 Å². The molecule has 0 saturated heterocycles. The topological polar surface area (TPSA) is 51.0 Å². The monoisotopic (exact) mass is 280 g/mol. The van der Waals surface area contributed by atoms with Gasteiger partial charge in [-0.05, 0) is 31.2 Å². The van der Waals surface area contributed by atoms with Crippen LogP contribution in [0.1, 0.15) is 12.5 Å². The highest BCUT2D eigenvalue weighted by Gasteiger charge is 2.01. The first kappa shape index (κ1) is 12.6. The zero-order valence-corrected chi connectivity index (χ0v) is 11.7. The number of nitrogens with zero attached hydrogens (tertiary/aromatic N) is 4. The summed E-state index contributed by atoms with van der Waals surface area (Å²) in [5, 5.41) is 3.00. The Labute approximate surface area is 120 Å². The van der Waals surface area contributed by atoms with Crippen LogP contribution in [0.15, 0.2) is 59.6 Å². The summed E-state index contributed by atoms with van der Waals surface area (Å²) in [6.45, 7) is 1.95. The van der Waals surface area contributed by atoms with Crippen LogP contribution in [0.25, 0.3) is 10.6 Å². The Morgan fingerprint density at radius 3 is 2.50 bits per heavy atom. The summed E-state index contributed by atoms with van der Waals surface area (Å²) in [4.78, 5) is 16.9. The molecule has 5 heteroatoms. The SMILES string of the molecule is CC(=Nc1ccc(-c2nccs2)cc1)c1cncnc1. The smallest absolute Gasteiger partial charge is 0.123 e. The third kappa shape index (κ3) is 2.78. The van der Waals surface area contributed by atoms with Gasteiger partial charge in [0.2, 0.25) is 0 Å². The van der Waals surface area contributed by atoms with Gasteiger partial charge in [0.15, 0.2) is 0 Å². The molecule has 0 aliphatic heterocycles. The van der Waals surface area contributed by atoms with Gasteiger partial charge in [0.05, 0.1) is 5.69 Å². The average Bonchev–Trinajstić information content (AvgIpc) is 3.03. The van der Waals surface area contributed by atoms with Gasteiger partial charge in [0.25, 0.3) is 0 Å². The van der Waals surface area contributed by atoms with Gasteiger partial charge >= 0.3 is 0 Å². The summed E-state index contributed by atoms with van der Waals surface area (Å²) < 4.78 is 0. The minimum absolute atomic E-state index is 0.896. The molecule has 0 radical (unpaired) electrons. The van der Waals surface area contributed by atoms with Crippen molar-refractivity contribution in [3.8, 4) is 10.6 Å². The highest BCUT2D eigenvalue weighted by atomic mass is 32.1. The van der Waals surface area contributed by atoms with Gasteiger partial charge in [-0.1, -0.05) is 0 Å². The van der Waals surface area contributed by atoms with E-state index >= 15 is 0 Å². The second kappa shape index (κ2) is 5.71. The van der Waals surface area contributed by atoms with E-state index in [2.05, 4.69) is 19.9 Å². The first-order valence-corrected chi connectivity index (χ1v) is 7.01. The third-order valence-electron chi connectivity index (χ3n) is 2.82. The minimum atomic E-state index is 0.896. The molecule has 0 spiro atoms. The molecule has 20 heavy (non-hydrogen) atoms. The highest BCUT2D eigenvalue weighted by molar-refractivity contribution is 7.13. The molecule has 1 aromatic carbocycles. The average molecular weight is 280 g/mol. The Balaban J connectivity index is 1.85. The molecule has 4 nitrogen and oxygen atoms in total. The lowest BCUT2D eigenvalue weighted by Gasteiger charge is -2.01. The van der Waals surface area contributed by atoms with Crippen LogP contribution in [-0.4, -0.2) is 20.7 Å². The maximum atomic E-state index is 4.57. The van der Waals surface area contributed by atoms with Crippen LogP contribution in [-0.2, 0) is 0 Å². The van der Waals surface area contributed by atoms with Crippen LogP contribution in [0.3, 0.4) is 0 Å². The minimum Gasteiger partial charge on any atom is -0.253 e. The summed E-state index contributed by atoms with van der Waals surface area (Å²) in [6, 6.07) is 8.05. The maximum absolute atomic E-state index is 4.57. The number of hydrogen-bond acceptors (Lipinski definition) is 5. The summed E-state index contributed by atoms with van der Waals surface area (Å²) in [5.41, 5.74) is 3.84. The van der Waals surface area contributed by atoms with Crippen LogP contribution in [0, 0.1) is 0 Å². The Morgan fingerprint density at radius 2 is 1.85 bits per heavy atom. The molecular weight excluding hydrogens is 268 g/mol. The van der Waals surface area contributed by atoms with E-state index in [1.807, 2.05) is 42.8 Å². The maximum Gasteiger partial charge on any atom is 0.123 e. The zero-order valence-electron chi connectivity index (χ0n) is 10.9. The Kier molecular flexibility index (Phi) is 3.60. The molecule has 0 bridgehead atoms. The van der Waals surface area contributed by atoms with Gasteiger partial charge in [0.1, 0.15) is 11.3 Å². The van der Waals surface area contributed by atoms with Gasteiger partial charge in [0, 0.05) is 40.8 Å². The van der Waals surface area contributed by atoms with Gasteiger partial charge < -0.3 is 0 Å². The van der Waals surface area contributed by atoms with Gasteiger partial charge in [-0.15, -0.1) is 11.3 Å². The number of hydrogen-bond donors (Lipinski definition) is 0.